The topological polar surface area (TPSA) is 59.0 Å². The molecule has 0 amide bonds. The molecule has 6 nitrogen and oxygen atoms in total. The molecule has 0 saturated heterocycles. The lowest BCUT2D eigenvalue weighted by molar-refractivity contribution is -0.274. The van der Waals surface area contributed by atoms with E-state index in [0.717, 1.165) is 64.7 Å². The highest BCUT2D eigenvalue weighted by atomic mass is 31.1. The lowest BCUT2D eigenvalue weighted by atomic mass is 10.0. The minimum atomic E-state index is -4.89. The lowest BCUT2D eigenvalue weighted by Crippen LogP contribution is -2.32. The van der Waals surface area contributed by atoms with Gasteiger partial charge < -0.3 is 14.2 Å². The summed E-state index contributed by atoms with van der Waals surface area (Å²) >= 11 is 0. The zero-order valence-electron chi connectivity index (χ0n) is 27.1. The third-order valence-electron chi connectivity index (χ3n) is 8.57. The Morgan fingerprint density at radius 3 is 2.32 bits per heavy atom. The van der Waals surface area contributed by atoms with E-state index in [1.54, 1.807) is 26.4 Å². The molecule has 0 spiro atoms. The zero-order valence-corrected chi connectivity index (χ0v) is 28.0. The number of anilines is 1. The number of H-pyrrole nitrogens is 1. The highest BCUT2D eigenvalue weighted by molar-refractivity contribution is 7.65. The van der Waals surface area contributed by atoms with Crippen LogP contribution in [0.1, 0.15) is 64.3 Å². The first-order valence-corrected chi connectivity index (χ1v) is 17.3. The molecule has 0 unspecified atom stereocenters. The van der Waals surface area contributed by atoms with Crippen LogP contribution in [0.15, 0.2) is 42.5 Å². The molecule has 252 valence electrons. The van der Waals surface area contributed by atoms with Gasteiger partial charge >= 0.3 is 12.5 Å². The number of hydrogen-bond donors (Lipinski definition) is 1. The van der Waals surface area contributed by atoms with E-state index in [9.17, 15) is 26.3 Å². The van der Waals surface area contributed by atoms with Crippen molar-refractivity contribution in [2.24, 2.45) is 7.05 Å². The van der Waals surface area contributed by atoms with Crippen molar-refractivity contribution >= 4 is 30.8 Å². The van der Waals surface area contributed by atoms with E-state index >= 15 is 0 Å². The molecule has 0 atom stereocenters. The third kappa shape index (κ3) is 7.37. The summed E-state index contributed by atoms with van der Waals surface area (Å²) in [4.78, 5) is 6.54. The van der Waals surface area contributed by atoms with Gasteiger partial charge in [-0.3, -0.25) is 5.10 Å². The normalized spacial score (nSPS) is 15.0. The second-order valence-corrected chi connectivity index (χ2v) is 14.5. The average Bonchev–Trinajstić information content (AvgIpc) is 3.59. The molecule has 1 saturated carbocycles. The molecule has 13 heteroatoms. The molecule has 5 rings (SSSR count). The molecule has 2 aromatic carbocycles. The molecule has 1 aliphatic rings. The number of hydrogen-bond acceptors (Lipinski definition) is 4. The van der Waals surface area contributed by atoms with Gasteiger partial charge in [-0.05, 0) is 61.2 Å². The fourth-order valence-corrected chi connectivity index (χ4v) is 7.60. The number of nitrogens with one attached hydrogen (secondary N) is 1. The van der Waals surface area contributed by atoms with Gasteiger partial charge in [-0.25, -0.2) is 4.98 Å². The Balaban J connectivity index is 1.75. The number of halogens is 6. The molecular formula is C34H38F6N5OP. The minimum absolute atomic E-state index is 0.0736. The number of nitrogens with zero attached hydrogens (tertiary/aromatic N) is 4. The first kappa shape index (κ1) is 34.5. The van der Waals surface area contributed by atoms with Crippen LogP contribution in [-0.4, -0.2) is 45.5 Å². The Hall–Kier alpha value is -3.79. The Morgan fingerprint density at radius 2 is 1.74 bits per heavy atom. The monoisotopic (exact) mass is 677 g/mol. The van der Waals surface area contributed by atoms with Gasteiger partial charge in [0.2, 0.25) is 0 Å². The average molecular weight is 678 g/mol. The Kier molecular flexibility index (Phi) is 9.83. The number of aromatic amines is 1. The summed E-state index contributed by atoms with van der Waals surface area (Å²) in [6, 6.07) is 11.7. The summed E-state index contributed by atoms with van der Waals surface area (Å²) < 4.78 is 87.7. The fraction of sp³-hybridized carbons (Fsp3) is 0.412. The molecule has 1 aliphatic carbocycles. The van der Waals surface area contributed by atoms with Crippen LogP contribution in [-0.2, 0) is 13.2 Å². The molecule has 1 fully saturated rings. The molecular weight excluding hydrogens is 639 g/mol. The number of ether oxygens (including phenoxy) is 1. The van der Waals surface area contributed by atoms with E-state index in [1.807, 2.05) is 56.5 Å². The Morgan fingerprint density at radius 1 is 1.04 bits per heavy atom. The van der Waals surface area contributed by atoms with Crippen molar-refractivity contribution in [3.63, 3.8) is 0 Å². The quantitative estimate of drug-likeness (QED) is 0.137. The van der Waals surface area contributed by atoms with E-state index in [4.69, 9.17) is 4.98 Å². The van der Waals surface area contributed by atoms with Crippen molar-refractivity contribution in [3.8, 4) is 28.4 Å². The van der Waals surface area contributed by atoms with Gasteiger partial charge in [-0.1, -0.05) is 58.5 Å². The maximum atomic E-state index is 13.7. The van der Waals surface area contributed by atoms with Crippen LogP contribution in [0.5, 0.6) is 5.75 Å². The van der Waals surface area contributed by atoms with Gasteiger partial charge in [0.1, 0.15) is 17.3 Å². The molecule has 0 aliphatic heterocycles. The molecule has 0 radical (unpaired) electrons. The first-order valence-electron chi connectivity index (χ1n) is 15.5. The van der Waals surface area contributed by atoms with E-state index in [2.05, 4.69) is 14.9 Å². The third-order valence-corrected chi connectivity index (χ3v) is 11.1. The zero-order chi connectivity index (χ0) is 34.3. The standard InChI is InChI=1S/C34H38F6N5OP/c1-7-20(4)23-11-10-12-24(26(23)19-44(5)29-18-28(42-43-29)33(35,36)37)30-31(21-13-14-21)45(6)32(41-30)25-16-15-22(47(8-2)9-3)17-27(25)46-34(38,39)40/h10-12,15-19,21H,7-9,13-14H2,1-6H3,(H,42,43)/b23-20+,26-19+. The predicted molar refractivity (Wildman–Crippen MR) is 175 cm³/mol. The first-order chi connectivity index (χ1) is 22.2. The Bertz CT molecular complexity index is 1870. The van der Waals surface area contributed by atoms with Crippen molar-refractivity contribution in [2.45, 2.75) is 65.4 Å². The van der Waals surface area contributed by atoms with E-state index in [1.165, 1.54) is 11.0 Å². The van der Waals surface area contributed by atoms with Gasteiger partial charge in [0, 0.05) is 48.8 Å². The number of benzene rings is 2. The van der Waals surface area contributed by atoms with Crippen molar-refractivity contribution in [1.82, 2.24) is 19.7 Å². The maximum absolute atomic E-state index is 13.7. The molecule has 0 bridgehead atoms. The Labute approximate surface area is 270 Å². The van der Waals surface area contributed by atoms with Crippen LogP contribution in [0.3, 0.4) is 0 Å². The molecule has 47 heavy (non-hydrogen) atoms. The van der Waals surface area contributed by atoms with Crippen molar-refractivity contribution in [1.29, 1.82) is 0 Å². The summed E-state index contributed by atoms with van der Waals surface area (Å²) in [6.07, 6.45) is -3.54. The van der Waals surface area contributed by atoms with Gasteiger partial charge in [-0.15, -0.1) is 13.2 Å². The van der Waals surface area contributed by atoms with Gasteiger partial charge in [-0.2, -0.15) is 18.3 Å². The van der Waals surface area contributed by atoms with Gasteiger partial charge in [0.25, 0.3) is 0 Å². The predicted octanol–water partition coefficient (Wildman–Crippen LogP) is 7.87. The summed E-state index contributed by atoms with van der Waals surface area (Å²) in [5.74, 6) is 0.278. The second kappa shape index (κ2) is 13.4. The highest BCUT2D eigenvalue weighted by Crippen LogP contribution is 2.46. The minimum Gasteiger partial charge on any atom is -0.405 e. The molecule has 4 aromatic rings. The molecule has 1 N–H and O–H groups in total. The van der Waals surface area contributed by atoms with Gasteiger partial charge in [0.05, 0.1) is 11.3 Å². The smallest absolute Gasteiger partial charge is 0.405 e. The maximum Gasteiger partial charge on any atom is 0.573 e. The number of imidazole rings is 1. The van der Waals surface area contributed by atoms with Crippen LogP contribution >= 0.6 is 7.92 Å². The summed E-state index contributed by atoms with van der Waals surface area (Å²) in [6.45, 7) is 8.06. The van der Waals surface area contributed by atoms with Crippen LogP contribution in [0.25, 0.3) is 34.4 Å². The summed E-state index contributed by atoms with van der Waals surface area (Å²) in [5.41, 5.74) is 2.53. The van der Waals surface area contributed by atoms with E-state index < -0.39 is 26.2 Å². The lowest BCUT2D eigenvalue weighted by Gasteiger charge is -2.18. The van der Waals surface area contributed by atoms with Crippen LogP contribution in [0.4, 0.5) is 32.2 Å². The van der Waals surface area contributed by atoms with Crippen LogP contribution < -0.4 is 25.4 Å². The van der Waals surface area contributed by atoms with Gasteiger partial charge in [0.15, 0.2) is 5.82 Å². The molecule has 2 aromatic heterocycles. The van der Waals surface area contributed by atoms with E-state index in [0.29, 0.717) is 17.1 Å². The van der Waals surface area contributed by atoms with E-state index in [-0.39, 0.29) is 23.0 Å². The van der Waals surface area contributed by atoms with Crippen molar-refractivity contribution < 1.29 is 31.1 Å². The number of aromatic nitrogens is 4. The summed E-state index contributed by atoms with van der Waals surface area (Å²) in [7, 11) is 2.79. The second-order valence-electron chi connectivity index (χ2n) is 11.7. The number of alkyl halides is 6. The number of rotatable bonds is 10. The van der Waals surface area contributed by atoms with Crippen LogP contribution in [0.2, 0.25) is 0 Å². The van der Waals surface area contributed by atoms with Crippen molar-refractivity contribution in [2.75, 3.05) is 24.3 Å². The van der Waals surface area contributed by atoms with Crippen LogP contribution in [0, 0.1) is 0 Å². The molecule has 2 heterocycles. The summed E-state index contributed by atoms with van der Waals surface area (Å²) in [5, 5.41) is 8.37. The fourth-order valence-electron chi connectivity index (χ4n) is 5.83. The SMILES string of the molecule is CC/C(C)=c1\cccc(-c2nc(-c3ccc(P(CC)CC)cc3OC(F)(F)F)n(C)c2C2CC2)\c1=C\N(C)c1cc(C(F)(F)F)[nH]n1. The van der Waals surface area contributed by atoms with Crippen molar-refractivity contribution in [3.05, 3.63) is 64.3 Å². The largest absolute Gasteiger partial charge is 0.573 e. The highest BCUT2D eigenvalue weighted by Gasteiger charge is 2.36.